The van der Waals surface area contributed by atoms with Crippen LogP contribution in [0.1, 0.15) is 18.1 Å². The highest BCUT2D eigenvalue weighted by molar-refractivity contribution is 7.80. The van der Waals surface area contributed by atoms with E-state index in [2.05, 4.69) is 22.4 Å². The first-order valence-corrected chi connectivity index (χ1v) is 9.23. The summed E-state index contributed by atoms with van der Waals surface area (Å²) in [6.45, 7) is 7.08. The van der Waals surface area contributed by atoms with Gasteiger partial charge in [-0.25, -0.2) is 0 Å². The number of rotatable bonds is 9. The molecule has 0 radical (unpaired) electrons. The first-order chi connectivity index (χ1) is 13.1. The van der Waals surface area contributed by atoms with Gasteiger partial charge in [-0.2, -0.15) is 5.10 Å². The summed E-state index contributed by atoms with van der Waals surface area (Å²) < 4.78 is 11.6. The fraction of sp³-hybridized carbons (Fsp3) is 0.200. The number of nitrogens with one attached hydrogen (secondary N) is 2. The van der Waals surface area contributed by atoms with Crippen LogP contribution in [-0.4, -0.2) is 24.5 Å². The maximum atomic E-state index is 5.90. The van der Waals surface area contributed by atoms with Gasteiger partial charge in [0.05, 0.1) is 12.8 Å². The zero-order valence-electron chi connectivity index (χ0n) is 15.1. The predicted octanol–water partition coefficient (Wildman–Crippen LogP) is 4.30. The van der Waals surface area contributed by atoms with E-state index in [9.17, 15) is 0 Å². The van der Waals surface area contributed by atoms with Crippen molar-refractivity contribution in [3.63, 3.8) is 0 Å². The van der Waals surface area contributed by atoms with E-state index in [1.54, 1.807) is 12.3 Å². The topological polar surface area (TPSA) is 54.9 Å². The molecule has 2 aromatic rings. The highest BCUT2D eigenvalue weighted by atomic mass is 35.5. The van der Waals surface area contributed by atoms with Crippen molar-refractivity contribution < 1.29 is 9.47 Å². The molecule has 0 aliphatic carbocycles. The van der Waals surface area contributed by atoms with Gasteiger partial charge in [-0.15, -0.1) is 6.58 Å². The molecule has 0 atom stereocenters. The maximum Gasteiger partial charge on any atom is 0.187 e. The molecule has 0 saturated heterocycles. The van der Waals surface area contributed by atoms with Crippen molar-refractivity contribution in [2.75, 3.05) is 13.2 Å². The Labute approximate surface area is 170 Å². The second-order valence-electron chi connectivity index (χ2n) is 5.42. The first kappa shape index (κ1) is 20.7. The molecule has 5 nitrogen and oxygen atoms in total. The van der Waals surface area contributed by atoms with E-state index in [1.807, 2.05) is 49.4 Å². The SMILES string of the molecule is C=CCNC(=S)NN=Cc1ccc(OCc2ccc(Cl)cc2)c(OCC)c1. The lowest BCUT2D eigenvalue weighted by molar-refractivity contribution is 0.269. The van der Waals surface area contributed by atoms with Gasteiger partial charge < -0.3 is 14.8 Å². The van der Waals surface area contributed by atoms with E-state index in [1.165, 1.54) is 0 Å². The number of hydrogen-bond acceptors (Lipinski definition) is 4. The average Bonchev–Trinajstić information content (AvgIpc) is 2.67. The summed E-state index contributed by atoms with van der Waals surface area (Å²) in [7, 11) is 0. The normalized spacial score (nSPS) is 10.4. The van der Waals surface area contributed by atoms with Gasteiger partial charge >= 0.3 is 0 Å². The molecule has 0 saturated carbocycles. The van der Waals surface area contributed by atoms with Crippen molar-refractivity contribution in [2.45, 2.75) is 13.5 Å². The van der Waals surface area contributed by atoms with Crippen molar-refractivity contribution in [2.24, 2.45) is 5.10 Å². The summed E-state index contributed by atoms with van der Waals surface area (Å²) in [5.41, 5.74) is 4.63. The molecular weight excluding hydrogens is 382 g/mol. The van der Waals surface area contributed by atoms with Gasteiger partial charge in [-0.1, -0.05) is 29.8 Å². The van der Waals surface area contributed by atoms with Gasteiger partial charge in [0.25, 0.3) is 0 Å². The van der Waals surface area contributed by atoms with E-state index in [0.29, 0.717) is 41.4 Å². The third kappa shape index (κ3) is 7.29. The number of benzene rings is 2. The molecule has 7 heteroatoms. The van der Waals surface area contributed by atoms with Crippen LogP contribution >= 0.6 is 23.8 Å². The van der Waals surface area contributed by atoms with E-state index in [0.717, 1.165) is 11.1 Å². The quantitative estimate of drug-likeness (QED) is 0.283. The largest absolute Gasteiger partial charge is 0.490 e. The molecule has 27 heavy (non-hydrogen) atoms. The van der Waals surface area contributed by atoms with Crippen LogP contribution in [0.5, 0.6) is 11.5 Å². The zero-order valence-corrected chi connectivity index (χ0v) is 16.6. The Hall–Kier alpha value is -2.57. The molecule has 0 amide bonds. The Bertz CT molecular complexity index is 794. The summed E-state index contributed by atoms with van der Waals surface area (Å²) >= 11 is 11.0. The monoisotopic (exact) mass is 403 g/mol. The zero-order chi connectivity index (χ0) is 19.5. The van der Waals surface area contributed by atoms with E-state index >= 15 is 0 Å². The number of thiocarbonyl (C=S) groups is 1. The van der Waals surface area contributed by atoms with Crippen LogP contribution < -0.4 is 20.2 Å². The lowest BCUT2D eigenvalue weighted by atomic mass is 10.2. The van der Waals surface area contributed by atoms with Gasteiger partial charge in [0.15, 0.2) is 16.6 Å². The molecule has 0 spiro atoms. The smallest absolute Gasteiger partial charge is 0.187 e. The molecule has 142 valence electrons. The van der Waals surface area contributed by atoms with Gasteiger partial charge in [0.1, 0.15) is 6.61 Å². The highest BCUT2D eigenvalue weighted by Crippen LogP contribution is 2.29. The van der Waals surface area contributed by atoms with E-state index < -0.39 is 0 Å². The Morgan fingerprint density at radius 2 is 1.96 bits per heavy atom. The Balaban J connectivity index is 2.01. The van der Waals surface area contributed by atoms with Gasteiger partial charge in [0.2, 0.25) is 0 Å². The number of hydrogen-bond donors (Lipinski definition) is 2. The molecule has 2 N–H and O–H groups in total. The van der Waals surface area contributed by atoms with Crippen molar-refractivity contribution in [1.82, 2.24) is 10.7 Å². The molecule has 0 bridgehead atoms. The van der Waals surface area contributed by atoms with Crippen molar-refractivity contribution in [3.05, 3.63) is 71.3 Å². The minimum atomic E-state index is 0.426. The molecule has 0 aromatic heterocycles. The number of ether oxygens (including phenoxy) is 2. The Morgan fingerprint density at radius 3 is 2.67 bits per heavy atom. The van der Waals surface area contributed by atoms with Crippen LogP contribution in [0.25, 0.3) is 0 Å². The van der Waals surface area contributed by atoms with Crippen molar-refractivity contribution in [3.8, 4) is 11.5 Å². The average molecular weight is 404 g/mol. The maximum absolute atomic E-state index is 5.90. The minimum absolute atomic E-state index is 0.426. The van der Waals surface area contributed by atoms with Gasteiger partial charge in [-0.05, 0) is 60.6 Å². The Morgan fingerprint density at radius 1 is 1.19 bits per heavy atom. The third-order valence-corrected chi connectivity index (χ3v) is 3.85. The summed E-state index contributed by atoms with van der Waals surface area (Å²) in [5.74, 6) is 1.32. The second-order valence-corrected chi connectivity index (χ2v) is 6.27. The van der Waals surface area contributed by atoms with Crippen LogP contribution in [0.2, 0.25) is 5.02 Å². The number of hydrazone groups is 1. The molecule has 2 rings (SSSR count). The van der Waals surface area contributed by atoms with Crippen LogP contribution in [0.4, 0.5) is 0 Å². The van der Waals surface area contributed by atoms with Crippen LogP contribution in [-0.2, 0) is 6.61 Å². The molecule has 0 unspecified atom stereocenters. The Kier molecular flexibility index (Phi) is 8.61. The highest BCUT2D eigenvalue weighted by Gasteiger charge is 2.06. The first-order valence-electron chi connectivity index (χ1n) is 8.44. The lowest BCUT2D eigenvalue weighted by Crippen LogP contribution is -2.31. The van der Waals surface area contributed by atoms with Crippen molar-refractivity contribution >= 4 is 35.1 Å². The summed E-state index contributed by atoms with van der Waals surface area (Å²) in [6, 6.07) is 13.2. The molecule has 0 fully saturated rings. The molecule has 0 heterocycles. The van der Waals surface area contributed by atoms with Crippen LogP contribution in [0.15, 0.2) is 60.2 Å². The number of halogens is 1. The van der Waals surface area contributed by atoms with Crippen molar-refractivity contribution in [1.29, 1.82) is 0 Å². The van der Waals surface area contributed by atoms with Gasteiger partial charge in [-0.3, -0.25) is 5.43 Å². The fourth-order valence-electron chi connectivity index (χ4n) is 2.10. The molecular formula is C20H22ClN3O2S. The van der Waals surface area contributed by atoms with E-state index in [-0.39, 0.29) is 0 Å². The predicted molar refractivity (Wildman–Crippen MR) is 115 cm³/mol. The molecule has 0 aliphatic rings. The summed E-state index contributed by atoms with van der Waals surface area (Å²) in [4.78, 5) is 0. The van der Waals surface area contributed by atoms with Gasteiger partial charge in [0, 0.05) is 11.6 Å². The summed E-state index contributed by atoms with van der Waals surface area (Å²) in [5, 5.41) is 8.16. The fourth-order valence-corrected chi connectivity index (χ4v) is 2.37. The standard InChI is InChI=1S/C20H22ClN3O2S/c1-3-11-22-20(27)24-23-13-16-7-10-18(19(12-16)25-4-2)26-14-15-5-8-17(21)9-6-15/h3,5-10,12-13H,1,4,11,14H2,2H3,(H2,22,24,27). The molecule has 0 aliphatic heterocycles. The van der Waals surface area contributed by atoms with Crippen LogP contribution in [0, 0.1) is 0 Å². The summed E-state index contributed by atoms with van der Waals surface area (Å²) in [6.07, 6.45) is 3.38. The third-order valence-electron chi connectivity index (χ3n) is 3.36. The van der Waals surface area contributed by atoms with Crippen LogP contribution in [0.3, 0.4) is 0 Å². The van der Waals surface area contributed by atoms with E-state index in [4.69, 9.17) is 33.3 Å². The molecule has 2 aromatic carbocycles. The number of nitrogens with zero attached hydrogens (tertiary/aromatic N) is 1. The lowest BCUT2D eigenvalue weighted by Gasteiger charge is -2.12. The second kappa shape index (κ2) is 11.2. The minimum Gasteiger partial charge on any atom is -0.490 e.